The Morgan fingerprint density at radius 3 is 2.70 bits per heavy atom. The van der Waals surface area contributed by atoms with Gasteiger partial charge in [0, 0.05) is 35.7 Å². The number of likely N-dealkylation sites (N-methyl/N-ethyl adjacent to an activating group) is 1. The number of hydrogen-bond donors (Lipinski definition) is 1. The summed E-state index contributed by atoms with van der Waals surface area (Å²) in [5.74, 6) is 0.388. The zero-order valence-electron chi connectivity index (χ0n) is 12.3. The van der Waals surface area contributed by atoms with Crippen molar-refractivity contribution in [2.75, 3.05) is 33.7 Å². The molecule has 2 rings (SSSR count). The van der Waals surface area contributed by atoms with E-state index in [-0.39, 0.29) is 11.9 Å². The second-order valence-corrected chi connectivity index (χ2v) is 6.80. The summed E-state index contributed by atoms with van der Waals surface area (Å²) in [5.41, 5.74) is 6.62. The number of nitrogens with zero attached hydrogens (tertiary/aromatic N) is 2. The fraction of sp³-hybridized carbons (Fsp3) is 0.600. The minimum atomic E-state index is -0.176. The Labute approximate surface area is 129 Å². The molecule has 0 saturated carbocycles. The van der Waals surface area contributed by atoms with Crippen molar-refractivity contribution in [3.8, 4) is 0 Å². The molecule has 1 aromatic carbocycles. The second kappa shape index (κ2) is 6.52. The van der Waals surface area contributed by atoms with Crippen molar-refractivity contribution in [3.05, 3.63) is 34.1 Å². The third kappa shape index (κ3) is 3.22. The topological polar surface area (TPSA) is 32.5 Å². The maximum atomic E-state index is 14.1. The lowest BCUT2D eigenvalue weighted by Crippen LogP contribution is -2.37. The van der Waals surface area contributed by atoms with E-state index in [1.807, 2.05) is 6.07 Å². The molecule has 1 aromatic rings. The van der Waals surface area contributed by atoms with E-state index in [0.29, 0.717) is 24.1 Å². The first kappa shape index (κ1) is 15.9. The number of rotatable bonds is 4. The van der Waals surface area contributed by atoms with Gasteiger partial charge in [-0.25, -0.2) is 4.39 Å². The van der Waals surface area contributed by atoms with Crippen LogP contribution < -0.4 is 5.73 Å². The number of benzene rings is 1. The Morgan fingerprint density at radius 2 is 2.15 bits per heavy atom. The molecule has 1 saturated heterocycles. The lowest BCUT2D eigenvalue weighted by atomic mass is 10.0. The first-order valence-electron chi connectivity index (χ1n) is 6.99. The second-order valence-electron chi connectivity index (χ2n) is 5.88. The molecule has 3 atom stereocenters. The highest BCUT2D eigenvalue weighted by atomic mass is 79.9. The van der Waals surface area contributed by atoms with E-state index >= 15 is 0 Å². The smallest absolute Gasteiger partial charge is 0.128 e. The first-order valence-corrected chi connectivity index (χ1v) is 7.78. The average Bonchev–Trinajstić information content (AvgIpc) is 2.76. The van der Waals surface area contributed by atoms with Crippen LogP contribution in [0, 0.1) is 11.7 Å². The van der Waals surface area contributed by atoms with Crippen molar-refractivity contribution in [1.82, 2.24) is 9.80 Å². The molecule has 3 unspecified atom stereocenters. The maximum Gasteiger partial charge on any atom is 0.128 e. The van der Waals surface area contributed by atoms with E-state index in [4.69, 9.17) is 5.73 Å². The molecule has 20 heavy (non-hydrogen) atoms. The molecule has 0 aromatic heterocycles. The first-order chi connectivity index (χ1) is 9.43. The van der Waals surface area contributed by atoms with Crippen LogP contribution in [0.5, 0.6) is 0 Å². The molecule has 0 bridgehead atoms. The van der Waals surface area contributed by atoms with Crippen molar-refractivity contribution in [3.63, 3.8) is 0 Å². The van der Waals surface area contributed by atoms with Gasteiger partial charge in [-0.15, -0.1) is 0 Å². The Bertz CT molecular complexity index is 466. The molecular formula is C15H23BrFN3. The van der Waals surface area contributed by atoms with E-state index < -0.39 is 0 Å². The van der Waals surface area contributed by atoms with Crippen LogP contribution in [0.3, 0.4) is 0 Å². The van der Waals surface area contributed by atoms with Gasteiger partial charge < -0.3 is 10.6 Å². The molecule has 0 amide bonds. The molecule has 0 radical (unpaired) electrons. The van der Waals surface area contributed by atoms with Gasteiger partial charge in [0.05, 0.1) is 6.04 Å². The Morgan fingerprint density at radius 1 is 1.45 bits per heavy atom. The third-order valence-electron chi connectivity index (χ3n) is 4.25. The summed E-state index contributed by atoms with van der Waals surface area (Å²) >= 11 is 3.42. The Kier molecular flexibility index (Phi) is 5.18. The van der Waals surface area contributed by atoms with Crippen LogP contribution in [-0.4, -0.2) is 49.6 Å². The monoisotopic (exact) mass is 343 g/mol. The van der Waals surface area contributed by atoms with Gasteiger partial charge in [0.1, 0.15) is 5.82 Å². The Hall–Kier alpha value is -0.490. The van der Waals surface area contributed by atoms with Crippen LogP contribution in [-0.2, 0) is 0 Å². The number of nitrogens with two attached hydrogens (primary N) is 1. The van der Waals surface area contributed by atoms with E-state index in [0.717, 1.165) is 17.6 Å². The third-order valence-corrected chi connectivity index (χ3v) is 4.74. The minimum absolute atomic E-state index is 0.0556. The molecule has 3 nitrogen and oxygen atoms in total. The minimum Gasteiger partial charge on any atom is -0.329 e. The van der Waals surface area contributed by atoms with Gasteiger partial charge >= 0.3 is 0 Å². The van der Waals surface area contributed by atoms with Gasteiger partial charge in [-0.1, -0.05) is 22.9 Å². The summed E-state index contributed by atoms with van der Waals surface area (Å²) in [6.45, 7) is 4.56. The summed E-state index contributed by atoms with van der Waals surface area (Å²) in [6.07, 6.45) is 0. The predicted molar refractivity (Wildman–Crippen MR) is 84.1 cm³/mol. The van der Waals surface area contributed by atoms with Crippen molar-refractivity contribution >= 4 is 15.9 Å². The standard InChI is InChI=1S/C15H23BrFN3/c1-10-8-20(9-15(10)19(2)3)14(7-18)12-6-11(16)4-5-13(12)17/h4-6,10,14-15H,7-9,18H2,1-3H3. The van der Waals surface area contributed by atoms with E-state index in [1.165, 1.54) is 6.07 Å². The van der Waals surface area contributed by atoms with E-state index in [2.05, 4.69) is 46.7 Å². The van der Waals surface area contributed by atoms with Crippen molar-refractivity contribution < 1.29 is 4.39 Å². The SMILES string of the molecule is CC1CN(C(CN)c2cc(Br)ccc2F)CC1N(C)C. The molecule has 0 spiro atoms. The summed E-state index contributed by atoms with van der Waals surface area (Å²) in [7, 11) is 4.20. The summed E-state index contributed by atoms with van der Waals surface area (Å²) in [4.78, 5) is 4.55. The highest BCUT2D eigenvalue weighted by Gasteiger charge is 2.35. The average molecular weight is 344 g/mol. The van der Waals surface area contributed by atoms with Crippen LogP contribution in [0.25, 0.3) is 0 Å². The van der Waals surface area contributed by atoms with Crippen LogP contribution in [0.1, 0.15) is 18.5 Å². The Balaban J connectivity index is 2.23. The van der Waals surface area contributed by atoms with Gasteiger partial charge in [-0.2, -0.15) is 0 Å². The fourth-order valence-electron chi connectivity index (χ4n) is 3.16. The van der Waals surface area contributed by atoms with Crippen molar-refractivity contribution in [2.24, 2.45) is 11.7 Å². The normalized spacial score (nSPS) is 25.4. The summed E-state index contributed by atoms with van der Waals surface area (Å²) in [6, 6.07) is 5.52. The van der Waals surface area contributed by atoms with Crippen LogP contribution in [0.15, 0.2) is 22.7 Å². The molecule has 2 N–H and O–H groups in total. The number of halogens is 2. The fourth-order valence-corrected chi connectivity index (χ4v) is 3.53. The quantitative estimate of drug-likeness (QED) is 0.911. The lowest BCUT2D eigenvalue weighted by Gasteiger charge is -2.28. The molecule has 0 aliphatic carbocycles. The number of likely N-dealkylation sites (tertiary alicyclic amines) is 1. The van der Waals surface area contributed by atoms with Crippen LogP contribution in [0.4, 0.5) is 4.39 Å². The molecule has 5 heteroatoms. The molecule has 1 fully saturated rings. The molecule has 1 aliphatic rings. The van der Waals surface area contributed by atoms with E-state index in [1.54, 1.807) is 6.07 Å². The molecular weight excluding hydrogens is 321 g/mol. The largest absolute Gasteiger partial charge is 0.329 e. The summed E-state index contributed by atoms with van der Waals surface area (Å²) < 4.78 is 15.0. The molecule has 112 valence electrons. The van der Waals surface area contributed by atoms with Gasteiger partial charge in [-0.3, -0.25) is 4.90 Å². The zero-order valence-corrected chi connectivity index (χ0v) is 13.9. The van der Waals surface area contributed by atoms with Gasteiger partial charge in [0.25, 0.3) is 0 Å². The highest BCUT2D eigenvalue weighted by molar-refractivity contribution is 9.10. The predicted octanol–water partition coefficient (Wildman–Crippen LogP) is 2.47. The van der Waals surface area contributed by atoms with Gasteiger partial charge in [0.15, 0.2) is 0 Å². The van der Waals surface area contributed by atoms with Gasteiger partial charge in [0.2, 0.25) is 0 Å². The number of hydrogen-bond acceptors (Lipinski definition) is 3. The van der Waals surface area contributed by atoms with Gasteiger partial charge in [-0.05, 0) is 38.2 Å². The maximum absolute atomic E-state index is 14.1. The van der Waals surface area contributed by atoms with E-state index in [9.17, 15) is 4.39 Å². The zero-order chi connectivity index (χ0) is 14.9. The van der Waals surface area contributed by atoms with Crippen molar-refractivity contribution in [1.29, 1.82) is 0 Å². The molecule has 1 aliphatic heterocycles. The summed E-state index contributed by atoms with van der Waals surface area (Å²) in [5, 5.41) is 0. The van der Waals surface area contributed by atoms with Crippen LogP contribution >= 0.6 is 15.9 Å². The molecule has 1 heterocycles. The lowest BCUT2D eigenvalue weighted by molar-refractivity contribution is 0.216. The van der Waals surface area contributed by atoms with Crippen molar-refractivity contribution in [2.45, 2.75) is 19.0 Å². The highest BCUT2D eigenvalue weighted by Crippen LogP contribution is 2.31. The van der Waals surface area contributed by atoms with Crippen LogP contribution in [0.2, 0.25) is 0 Å².